The van der Waals surface area contributed by atoms with Crippen molar-refractivity contribution in [3.63, 3.8) is 0 Å². The molecule has 0 aliphatic heterocycles. The third-order valence-electron chi connectivity index (χ3n) is 3.27. The molecule has 1 aliphatic rings. The number of aliphatic hydroxyl groups is 1. The van der Waals surface area contributed by atoms with Gasteiger partial charge in [-0.1, -0.05) is 0 Å². The van der Waals surface area contributed by atoms with Gasteiger partial charge in [-0.25, -0.2) is 0 Å². The Balaban J connectivity index is 0.00000162. The van der Waals surface area contributed by atoms with E-state index >= 15 is 0 Å². The number of rotatable bonds is 5. The van der Waals surface area contributed by atoms with Gasteiger partial charge in [-0.3, -0.25) is 0 Å². The first-order valence-electron chi connectivity index (χ1n) is 5.83. The maximum absolute atomic E-state index is 10.1. The second-order valence-electron chi connectivity index (χ2n) is 4.46. The second kappa shape index (κ2) is 6.27. The van der Waals surface area contributed by atoms with Crippen LogP contribution in [0.15, 0.2) is 18.2 Å². The van der Waals surface area contributed by atoms with Crippen molar-refractivity contribution in [2.75, 3.05) is 14.2 Å². The smallest absolute Gasteiger partial charge is 0.123 e. The Kier molecular flexibility index (Phi) is 5.26. The zero-order valence-corrected chi connectivity index (χ0v) is 11.4. The van der Waals surface area contributed by atoms with Gasteiger partial charge in [0.25, 0.3) is 0 Å². The fraction of sp³-hybridized carbons (Fsp3) is 0.538. The Labute approximate surface area is 113 Å². The number of halogens is 1. The number of benzene rings is 1. The predicted molar refractivity (Wildman–Crippen MR) is 72.5 cm³/mol. The summed E-state index contributed by atoms with van der Waals surface area (Å²) >= 11 is 0. The molecule has 1 fully saturated rings. The molecule has 0 radical (unpaired) electrons. The first-order valence-corrected chi connectivity index (χ1v) is 5.83. The highest BCUT2D eigenvalue weighted by Crippen LogP contribution is 2.39. The first-order chi connectivity index (χ1) is 8.17. The first kappa shape index (κ1) is 15.1. The minimum absolute atomic E-state index is 0. The lowest BCUT2D eigenvalue weighted by Crippen LogP contribution is -2.28. The predicted octanol–water partition coefficient (Wildman–Crippen LogP) is 1.90. The van der Waals surface area contributed by atoms with Crippen LogP contribution in [0.25, 0.3) is 0 Å². The van der Waals surface area contributed by atoms with Crippen molar-refractivity contribution in [1.82, 2.24) is 0 Å². The number of aliphatic hydroxyl groups excluding tert-OH is 1. The highest BCUT2D eigenvalue weighted by molar-refractivity contribution is 5.85. The van der Waals surface area contributed by atoms with Crippen molar-refractivity contribution in [3.05, 3.63) is 23.8 Å². The summed E-state index contributed by atoms with van der Waals surface area (Å²) in [6.07, 6.45) is 1.61. The Morgan fingerprint density at radius 2 is 1.94 bits per heavy atom. The van der Waals surface area contributed by atoms with Crippen molar-refractivity contribution in [2.45, 2.75) is 25.0 Å². The van der Waals surface area contributed by atoms with Crippen molar-refractivity contribution in [3.8, 4) is 11.5 Å². The van der Waals surface area contributed by atoms with Crippen LogP contribution >= 0.6 is 12.4 Å². The van der Waals surface area contributed by atoms with Gasteiger partial charge in [0.15, 0.2) is 0 Å². The average Bonchev–Trinajstić information content (AvgIpc) is 3.20. The molecule has 4 nitrogen and oxygen atoms in total. The molecule has 1 aliphatic carbocycles. The lowest BCUT2D eigenvalue weighted by Gasteiger charge is -2.21. The van der Waals surface area contributed by atoms with E-state index in [1.54, 1.807) is 14.2 Å². The Bertz CT molecular complexity index is 396. The van der Waals surface area contributed by atoms with E-state index in [-0.39, 0.29) is 12.4 Å². The summed E-state index contributed by atoms with van der Waals surface area (Å²) in [6, 6.07) is 5.04. The van der Waals surface area contributed by atoms with Crippen molar-refractivity contribution in [1.29, 1.82) is 0 Å². The van der Waals surface area contributed by atoms with E-state index in [0.29, 0.717) is 11.7 Å². The Morgan fingerprint density at radius 3 is 2.44 bits per heavy atom. The molecule has 0 unspecified atom stereocenters. The van der Waals surface area contributed by atoms with Crippen LogP contribution in [-0.4, -0.2) is 25.4 Å². The molecule has 18 heavy (non-hydrogen) atoms. The normalized spacial score (nSPS) is 17.6. The van der Waals surface area contributed by atoms with E-state index in [2.05, 4.69) is 0 Å². The zero-order chi connectivity index (χ0) is 12.4. The van der Waals surface area contributed by atoms with E-state index in [0.717, 1.165) is 24.2 Å². The molecule has 2 atom stereocenters. The van der Waals surface area contributed by atoms with Crippen LogP contribution in [0.5, 0.6) is 11.5 Å². The van der Waals surface area contributed by atoms with Gasteiger partial charge >= 0.3 is 0 Å². The highest BCUT2D eigenvalue weighted by Gasteiger charge is 2.35. The molecule has 0 heterocycles. The minimum Gasteiger partial charge on any atom is -0.497 e. The van der Waals surface area contributed by atoms with Crippen LogP contribution in [0.1, 0.15) is 24.4 Å². The van der Waals surface area contributed by atoms with Crippen molar-refractivity contribution in [2.24, 2.45) is 11.7 Å². The summed E-state index contributed by atoms with van der Waals surface area (Å²) in [5.74, 6) is 1.75. The van der Waals surface area contributed by atoms with Gasteiger partial charge in [0.2, 0.25) is 0 Å². The molecule has 1 saturated carbocycles. The van der Waals surface area contributed by atoms with E-state index in [9.17, 15) is 5.11 Å². The fourth-order valence-corrected chi connectivity index (χ4v) is 2.01. The number of ether oxygens (including phenoxy) is 2. The summed E-state index contributed by atoms with van der Waals surface area (Å²) in [4.78, 5) is 0. The molecular weight excluding hydrogens is 254 g/mol. The Morgan fingerprint density at radius 1 is 1.28 bits per heavy atom. The lowest BCUT2D eigenvalue weighted by atomic mass is 9.98. The molecule has 0 bridgehead atoms. The van der Waals surface area contributed by atoms with E-state index in [1.807, 2.05) is 18.2 Å². The molecule has 5 heteroatoms. The van der Waals surface area contributed by atoms with Crippen molar-refractivity contribution >= 4 is 12.4 Å². The quantitative estimate of drug-likeness (QED) is 0.860. The zero-order valence-electron chi connectivity index (χ0n) is 10.6. The summed E-state index contributed by atoms with van der Waals surface area (Å²) < 4.78 is 10.4. The molecule has 102 valence electrons. The van der Waals surface area contributed by atoms with Crippen LogP contribution in [-0.2, 0) is 0 Å². The van der Waals surface area contributed by atoms with E-state index in [1.165, 1.54) is 0 Å². The van der Waals surface area contributed by atoms with Crippen LogP contribution in [0.3, 0.4) is 0 Å². The largest absolute Gasteiger partial charge is 0.497 e. The monoisotopic (exact) mass is 273 g/mol. The molecule has 0 amide bonds. The van der Waals surface area contributed by atoms with E-state index < -0.39 is 12.1 Å². The number of hydrogen-bond donors (Lipinski definition) is 2. The summed E-state index contributed by atoms with van der Waals surface area (Å²) in [6.45, 7) is 0. The molecule has 1 aromatic carbocycles. The van der Waals surface area contributed by atoms with Gasteiger partial charge in [0.1, 0.15) is 11.5 Å². The van der Waals surface area contributed by atoms with Crippen molar-refractivity contribution < 1.29 is 14.6 Å². The number of nitrogens with two attached hydrogens (primary N) is 1. The number of hydrogen-bond acceptors (Lipinski definition) is 4. The second-order valence-corrected chi connectivity index (χ2v) is 4.46. The molecule has 0 saturated heterocycles. The molecule has 1 aromatic rings. The minimum atomic E-state index is -0.504. The van der Waals surface area contributed by atoms with Gasteiger partial charge in [0.05, 0.1) is 26.4 Å². The van der Waals surface area contributed by atoms with Crippen LogP contribution < -0.4 is 15.2 Å². The maximum Gasteiger partial charge on any atom is 0.123 e. The standard InChI is InChI=1S/C13H19NO3.ClH/c1-16-9-5-6-11(17-2)10(7-9)12(14)13(15)8-3-4-8;/h5-8,12-13,15H,3-4,14H2,1-2H3;1H/t12-,13+;/m1./s1. The Hall–Kier alpha value is -0.970. The number of methoxy groups -OCH3 is 2. The van der Waals surface area contributed by atoms with Gasteiger partial charge in [-0.15, -0.1) is 12.4 Å². The van der Waals surface area contributed by atoms with Gasteiger partial charge in [-0.2, -0.15) is 0 Å². The molecule has 2 rings (SSSR count). The van der Waals surface area contributed by atoms with Crippen LogP contribution in [0.2, 0.25) is 0 Å². The lowest BCUT2D eigenvalue weighted by molar-refractivity contribution is 0.121. The topological polar surface area (TPSA) is 64.7 Å². The molecular formula is C13H20ClNO3. The molecule has 3 N–H and O–H groups in total. The highest BCUT2D eigenvalue weighted by atomic mass is 35.5. The van der Waals surface area contributed by atoms with Crippen LogP contribution in [0.4, 0.5) is 0 Å². The molecule has 0 aromatic heterocycles. The molecule has 0 spiro atoms. The fourth-order valence-electron chi connectivity index (χ4n) is 2.01. The third-order valence-corrected chi connectivity index (χ3v) is 3.27. The van der Waals surface area contributed by atoms with Gasteiger partial charge < -0.3 is 20.3 Å². The summed E-state index contributed by atoms with van der Waals surface area (Å²) in [7, 11) is 3.20. The van der Waals surface area contributed by atoms with Gasteiger partial charge in [-0.05, 0) is 37.0 Å². The third kappa shape index (κ3) is 3.07. The SMILES string of the molecule is COc1ccc(OC)c([C@@H](N)[C@@H](O)C2CC2)c1.Cl. The summed E-state index contributed by atoms with van der Waals surface area (Å²) in [5.41, 5.74) is 6.89. The summed E-state index contributed by atoms with van der Waals surface area (Å²) in [5, 5.41) is 10.1. The van der Waals surface area contributed by atoms with Crippen LogP contribution in [0, 0.1) is 5.92 Å². The maximum atomic E-state index is 10.1. The average molecular weight is 274 g/mol. The van der Waals surface area contributed by atoms with E-state index in [4.69, 9.17) is 15.2 Å². The van der Waals surface area contributed by atoms with Gasteiger partial charge in [0, 0.05) is 5.56 Å².